The molecule has 30 heavy (non-hydrogen) atoms. The second-order valence-corrected chi connectivity index (χ2v) is 7.84. The number of hydrogen-bond acceptors (Lipinski definition) is 5. The lowest BCUT2D eigenvalue weighted by Gasteiger charge is -2.34. The Morgan fingerprint density at radius 2 is 1.87 bits per heavy atom. The zero-order valence-electron chi connectivity index (χ0n) is 17.7. The maximum atomic E-state index is 12.8. The number of amides is 1. The van der Waals surface area contributed by atoms with E-state index in [1.165, 1.54) is 10.6 Å². The van der Waals surface area contributed by atoms with Crippen molar-refractivity contribution in [1.29, 1.82) is 0 Å². The molecule has 7 heteroatoms. The maximum absolute atomic E-state index is 12.8. The van der Waals surface area contributed by atoms with Gasteiger partial charge in [0, 0.05) is 25.3 Å². The molecule has 0 radical (unpaired) electrons. The third-order valence-electron chi connectivity index (χ3n) is 5.74. The van der Waals surface area contributed by atoms with Gasteiger partial charge in [0.1, 0.15) is 19.0 Å². The molecule has 1 fully saturated rings. The van der Waals surface area contributed by atoms with Gasteiger partial charge in [-0.25, -0.2) is 0 Å². The van der Waals surface area contributed by atoms with Crippen LogP contribution in [0.3, 0.4) is 0 Å². The van der Waals surface area contributed by atoms with E-state index in [0.29, 0.717) is 26.3 Å². The van der Waals surface area contributed by atoms with Crippen molar-refractivity contribution in [2.24, 2.45) is 0 Å². The molecule has 160 valence electrons. The van der Waals surface area contributed by atoms with Crippen molar-refractivity contribution in [2.45, 2.75) is 6.54 Å². The SMILES string of the molecule is COc1cccc(N2CC[NH+](CC(=O)N(C)Cc3ccc4c(c3)OCCO4)CC2)c1. The van der Waals surface area contributed by atoms with Gasteiger partial charge in [0.15, 0.2) is 18.0 Å². The number of nitrogens with one attached hydrogen (secondary N) is 1. The minimum atomic E-state index is 0.162. The predicted molar refractivity (Wildman–Crippen MR) is 115 cm³/mol. The summed E-state index contributed by atoms with van der Waals surface area (Å²) < 4.78 is 16.5. The molecule has 0 saturated carbocycles. The summed E-state index contributed by atoms with van der Waals surface area (Å²) in [5.41, 5.74) is 2.23. The molecule has 1 N–H and O–H groups in total. The Morgan fingerprint density at radius 3 is 2.63 bits per heavy atom. The number of hydrogen-bond donors (Lipinski definition) is 1. The van der Waals surface area contributed by atoms with E-state index in [1.54, 1.807) is 12.0 Å². The van der Waals surface area contributed by atoms with E-state index in [1.807, 2.05) is 37.4 Å². The molecule has 0 bridgehead atoms. The molecule has 0 atom stereocenters. The van der Waals surface area contributed by atoms with Gasteiger partial charge in [-0.15, -0.1) is 0 Å². The van der Waals surface area contributed by atoms with Gasteiger partial charge < -0.3 is 28.9 Å². The van der Waals surface area contributed by atoms with Crippen LogP contribution in [0, 0.1) is 0 Å². The average Bonchev–Trinajstić information content (AvgIpc) is 2.79. The van der Waals surface area contributed by atoms with Crippen molar-refractivity contribution < 1.29 is 23.9 Å². The van der Waals surface area contributed by atoms with E-state index < -0.39 is 0 Å². The maximum Gasteiger partial charge on any atom is 0.277 e. The van der Waals surface area contributed by atoms with Gasteiger partial charge in [0.25, 0.3) is 5.91 Å². The van der Waals surface area contributed by atoms with E-state index >= 15 is 0 Å². The number of ether oxygens (including phenoxy) is 3. The van der Waals surface area contributed by atoms with E-state index in [-0.39, 0.29) is 5.91 Å². The van der Waals surface area contributed by atoms with Gasteiger partial charge in [-0.05, 0) is 29.8 Å². The Labute approximate surface area is 177 Å². The molecule has 1 saturated heterocycles. The molecule has 2 aromatic rings. The number of nitrogens with zero attached hydrogens (tertiary/aromatic N) is 2. The van der Waals surface area contributed by atoms with Crippen LogP contribution in [0.1, 0.15) is 5.56 Å². The highest BCUT2D eigenvalue weighted by molar-refractivity contribution is 5.76. The summed E-state index contributed by atoms with van der Waals surface area (Å²) in [6.07, 6.45) is 0. The zero-order chi connectivity index (χ0) is 20.9. The van der Waals surface area contributed by atoms with Crippen LogP contribution in [0.2, 0.25) is 0 Å². The number of carbonyl (C=O) groups excluding carboxylic acids is 1. The van der Waals surface area contributed by atoms with Crippen molar-refractivity contribution in [2.75, 3.05) is 65.0 Å². The second kappa shape index (κ2) is 9.26. The number of rotatable bonds is 6. The fourth-order valence-corrected chi connectivity index (χ4v) is 3.96. The molecule has 0 aromatic heterocycles. The minimum absolute atomic E-state index is 0.162. The fourth-order valence-electron chi connectivity index (χ4n) is 3.96. The van der Waals surface area contributed by atoms with Gasteiger partial charge in [0.2, 0.25) is 0 Å². The van der Waals surface area contributed by atoms with Crippen molar-refractivity contribution in [1.82, 2.24) is 4.90 Å². The van der Waals surface area contributed by atoms with Gasteiger partial charge in [-0.2, -0.15) is 0 Å². The molecule has 1 amide bonds. The largest absolute Gasteiger partial charge is 0.497 e. The molecule has 2 aliphatic heterocycles. The minimum Gasteiger partial charge on any atom is -0.497 e. The number of carbonyl (C=O) groups is 1. The molecular weight excluding hydrogens is 382 g/mol. The normalized spacial score (nSPS) is 16.3. The summed E-state index contributed by atoms with van der Waals surface area (Å²) in [6.45, 7) is 5.99. The van der Waals surface area contributed by atoms with Crippen molar-refractivity contribution in [3.05, 3.63) is 48.0 Å². The van der Waals surface area contributed by atoms with Crippen molar-refractivity contribution >= 4 is 11.6 Å². The van der Waals surface area contributed by atoms with Gasteiger partial charge in [-0.1, -0.05) is 12.1 Å². The number of piperazine rings is 1. The van der Waals surface area contributed by atoms with Crippen molar-refractivity contribution in [3.63, 3.8) is 0 Å². The van der Waals surface area contributed by atoms with Crippen LogP contribution in [-0.4, -0.2) is 70.9 Å². The third kappa shape index (κ3) is 4.79. The summed E-state index contributed by atoms with van der Waals surface area (Å²) in [5, 5.41) is 0. The lowest BCUT2D eigenvalue weighted by atomic mass is 10.2. The summed E-state index contributed by atoms with van der Waals surface area (Å²) in [4.78, 5) is 18.2. The topological polar surface area (TPSA) is 55.7 Å². The van der Waals surface area contributed by atoms with E-state index in [2.05, 4.69) is 17.0 Å². The molecule has 2 aliphatic rings. The number of anilines is 1. The quantitative estimate of drug-likeness (QED) is 0.762. The highest BCUT2D eigenvalue weighted by Crippen LogP contribution is 2.31. The first kappa shape index (κ1) is 20.3. The number of benzene rings is 2. The fraction of sp³-hybridized carbons (Fsp3) is 0.435. The van der Waals surface area contributed by atoms with E-state index in [9.17, 15) is 4.79 Å². The molecule has 0 aliphatic carbocycles. The van der Waals surface area contributed by atoms with Crippen LogP contribution in [-0.2, 0) is 11.3 Å². The number of likely N-dealkylation sites (N-methyl/N-ethyl adjacent to an activating group) is 1. The standard InChI is InChI=1S/C23H29N3O4/c1-24(16-18-6-7-21-22(14-18)30-13-12-29-21)23(27)17-25-8-10-26(11-9-25)19-4-3-5-20(15-19)28-2/h3-7,14-15H,8-13,16-17H2,1-2H3/p+1. The van der Waals surface area contributed by atoms with Gasteiger partial charge >= 0.3 is 0 Å². The first-order chi connectivity index (χ1) is 14.6. The molecule has 0 spiro atoms. The van der Waals surface area contributed by atoms with Crippen molar-refractivity contribution in [3.8, 4) is 17.2 Å². The Bertz CT molecular complexity index is 881. The molecule has 0 unspecified atom stereocenters. The molecular formula is C23H30N3O4+. The lowest BCUT2D eigenvalue weighted by molar-refractivity contribution is -0.892. The van der Waals surface area contributed by atoms with Crippen LogP contribution in [0.15, 0.2) is 42.5 Å². The summed E-state index contributed by atoms with van der Waals surface area (Å²) in [7, 11) is 3.55. The Morgan fingerprint density at radius 1 is 1.10 bits per heavy atom. The van der Waals surface area contributed by atoms with Crippen LogP contribution < -0.4 is 24.0 Å². The summed E-state index contributed by atoms with van der Waals surface area (Å²) in [6, 6.07) is 14.0. The Hall–Kier alpha value is -2.93. The van der Waals surface area contributed by atoms with Crippen LogP contribution in [0.4, 0.5) is 5.69 Å². The van der Waals surface area contributed by atoms with Crippen LogP contribution in [0.25, 0.3) is 0 Å². The molecule has 2 aromatic carbocycles. The Balaban J connectivity index is 1.27. The number of methoxy groups -OCH3 is 1. The summed E-state index contributed by atoms with van der Waals surface area (Å²) in [5.74, 6) is 2.57. The highest BCUT2D eigenvalue weighted by atomic mass is 16.6. The van der Waals surface area contributed by atoms with Gasteiger partial charge in [0.05, 0.1) is 33.3 Å². The number of fused-ring (bicyclic) bond motifs is 1. The summed E-state index contributed by atoms with van der Waals surface area (Å²) >= 11 is 0. The highest BCUT2D eigenvalue weighted by Gasteiger charge is 2.24. The molecule has 4 rings (SSSR count). The first-order valence-electron chi connectivity index (χ1n) is 10.5. The van der Waals surface area contributed by atoms with E-state index in [4.69, 9.17) is 14.2 Å². The van der Waals surface area contributed by atoms with Crippen LogP contribution in [0.5, 0.6) is 17.2 Å². The smallest absolute Gasteiger partial charge is 0.277 e. The van der Waals surface area contributed by atoms with Gasteiger partial charge in [-0.3, -0.25) is 4.79 Å². The predicted octanol–water partition coefficient (Wildman–Crippen LogP) is 0.830. The first-order valence-corrected chi connectivity index (χ1v) is 10.5. The molecule has 2 heterocycles. The molecule has 7 nitrogen and oxygen atoms in total. The number of quaternary nitrogens is 1. The zero-order valence-corrected chi connectivity index (χ0v) is 17.7. The monoisotopic (exact) mass is 412 g/mol. The van der Waals surface area contributed by atoms with E-state index in [0.717, 1.165) is 49.0 Å². The third-order valence-corrected chi connectivity index (χ3v) is 5.74. The lowest BCUT2D eigenvalue weighted by Crippen LogP contribution is -3.15. The van der Waals surface area contributed by atoms with Crippen LogP contribution >= 0.6 is 0 Å². The second-order valence-electron chi connectivity index (χ2n) is 7.84. The average molecular weight is 413 g/mol. The Kier molecular flexibility index (Phi) is 6.28.